The molecule has 0 saturated carbocycles. The van der Waals surface area contributed by atoms with Crippen LogP contribution < -0.4 is 5.73 Å². The van der Waals surface area contributed by atoms with Crippen molar-refractivity contribution >= 4 is 10.9 Å². The van der Waals surface area contributed by atoms with Gasteiger partial charge < -0.3 is 10.3 Å². The zero-order chi connectivity index (χ0) is 13.2. The molecule has 0 bridgehead atoms. The first-order chi connectivity index (χ1) is 9.28. The van der Waals surface area contributed by atoms with E-state index in [4.69, 9.17) is 5.73 Å². The normalized spacial score (nSPS) is 21.1. The fraction of sp³-hybridized carbons (Fsp3) is 0.500. The van der Waals surface area contributed by atoms with Gasteiger partial charge in [-0.05, 0) is 43.5 Å². The molecule has 1 saturated heterocycles. The molecule has 1 aliphatic heterocycles. The SMILES string of the molecule is Cn1cc(CN2CCCC(CN)C2)c2ccccc21. The molecule has 0 radical (unpaired) electrons. The molecule has 102 valence electrons. The Balaban J connectivity index is 1.81. The lowest BCUT2D eigenvalue weighted by atomic mass is 9.98. The fourth-order valence-corrected chi connectivity index (χ4v) is 3.28. The van der Waals surface area contributed by atoms with Gasteiger partial charge >= 0.3 is 0 Å². The Hall–Kier alpha value is -1.32. The van der Waals surface area contributed by atoms with Gasteiger partial charge in [0.05, 0.1) is 0 Å². The molecular formula is C16H23N3. The maximum atomic E-state index is 5.82. The van der Waals surface area contributed by atoms with Crippen molar-refractivity contribution in [1.82, 2.24) is 9.47 Å². The number of aromatic nitrogens is 1. The number of piperidine rings is 1. The molecule has 3 heteroatoms. The molecule has 1 fully saturated rings. The van der Waals surface area contributed by atoms with Crippen molar-refractivity contribution in [2.45, 2.75) is 19.4 Å². The molecule has 2 heterocycles. The number of fused-ring (bicyclic) bond motifs is 1. The van der Waals surface area contributed by atoms with E-state index in [2.05, 4.69) is 47.0 Å². The Labute approximate surface area is 115 Å². The predicted octanol–water partition coefficient (Wildman–Crippen LogP) is 2.35. The topological polar surface area (TPSA) is 34.2 Å². The van der Waals surface area contributed by atoms with E-state index in [-0.39, 0.29) is 0 Å². The third kappa shape index (κ3) is 2.53. The summed E-state index contributed by atoms with van der Waals surface area (Å²) >= 11 is 0. The minimum absolute atomic E-state index is 0.684. The van der Waals surface area contributed by atoms with Gasteiger partial charge in [-0.2, -0.15) is 0 Å². The Morgan fingerprint density at radius 1 is 1.32 bits per heavy atom. The maximum absolute atomic E-state index is 5.82. The van der Waals surface area contributed by atoms with E-state index in [0.29, 0.717) is 5.92 Å². The molecule has 3 rings (SSSR count). The van der Waals surface area contributed by atoms with E-state index >= 15 is 0 Å². The van der Waals surface area contributed by atoms with Crippen LogP contribution in [0.3, 0.4) is 0 Å². The van der Waals surface area contributed by atoms with Gasteiger partial charge in [0.25, 0.3) is 0 Å². The molecule has 0 spiro atoms. The smallest absolute Gasteiger partial charge is 0.0481 e. The third-order valence-corrected chi connectivity index (χ3v) is 4.31. The van der Waals surface area contributed by atoms with Crippen LogP contribution in [0.25, 0.3) is 10.9 Å². The highest BCUT2D eigenvalue weighted by atomic mass is 15.1. The Morgan fingerprint density at radius 2 is 2.16 bits per heavy atom. The Morgan fingerprint density at radius 3 is 3.00 bits per heavy atom. The fourth-order valence-electron chi connectivity index (χ4n) is 3.28. The van der Waals surface area contributed by atoms with Gasteiger partial charge in [-0.1, -0.05) is 18.2 Å². The molecule has 1 aromatic carbocycles. The van der Waals surface area contributed by atoms with E-state index in [1.54, 1.807) is 0 Å². The first-order valence-corrected chi connectivity index (χ1v) is 7.23. The van der Waals surface area contributed by atoms with Crippen LogP contribution in [0.2, 0.25) is 0 Å². The number of benzene rings is 1. The second kappa shape index (κ2) is 5.35. The summed E-state index contributed by atoms with van der Waals surface area (Å²) in [6.07, 6.45) is 4.85. The number of para-hydroxylation sites is 1. The summed E-state index contributed by atoms with van der Waals surface area (Å²) in [7, 11) is 2.13. The van der Waals surface area contributed by atoms with Crippen LogP contribution in [0.15, 0.2) is 30.5 Å². The van der Waals surface area contributed by atoms with Crippen molar-refractivity contribution in [2.75, 3.05) is 19.6 Å². The number of nitrogens with zero attached hydrogens (tertiary/aromatic N) is 2. The molecular weight excluding hydrogens is 234 g/mol. The molecule has 1 aromatic heterocycles. The summed E-state index contributed by atoms with van der Waals surface area (Å²) in [4.78, 5) is 2.56. The summed E-state index contributed by atoms with van der Waals surface area (Å²) in [6, 6.07) is 8.66. The monoisotopic (exact) mass is 257 g/mol. The summed E-state index contributed by atoms with van der Waals surface area (Å²) in [5.74, 6) is 0.684. The van der Waals surface area contributed by atoms with Crippen LogP contribution in [-0.2, 0) is 13.6 Å². The molecule has 2 aromatic rings. The zero-order valence-corrected chi connectivity index (χ0v) is 11.7. The summed E-state index contributed by atoms with van der Waals surface area (Å²) in [6.45, 7) is 4.24. The van der Waals surface area contributed by atoms with Gasteiger partial charge in [-0.25, -0.2) is 0 Å². The lowest BCUT2D eigenvalue weighted by molar-refractivity contribution is 0.171. The van der Waals surface area contributed by atoms with Crippen LogP contribution in [0.1, 0.15) is 18.4 Å². The standard InChI is InChI=1S/C16H23N3/c1-18-11-14(15-6-2-3-7-16(15)18)12-19-8-4-5-13(9-17)10-19/h2-3,6-7,11,13H,4-5,8-10,12,17H2,1H3. The molecule has 19 heavy (non-hydrogen) atoms. The maximum Gasteiger partial charge on any atom is 0.0481 e. The number of rotatable bonds is 3. The van der Waals surface area contributed by atoms with E-state index in [1.807, 2.05) is 0 Å². The van der Waals surface area contributed by atoms with Crippen molar-refractivity contribution in [3.8, 4) is 0 Å². The van der Waals surface area contributed by atoms with Crippen LogP contribution in [-0.4, -0.2) is 29.1 Å². The van der Waals surface area contributed by atoms with Crippen molar-refractivity contribution in [2.24, 2.45) is 18.7 Å². The van der Waals surface area contributed by atoms with E-state index in [1.165, 1.54) is 35.9 Å². The predicted molar refractivity (Wildman–Crippen MR) is 80.0 cm³/mol. The third-order valence-electron chi connectivity index (χ3n) is 4.31. The average Bonchev–Trinajstić information content (AvgIpc) is 2.76. The molecule has 2 N–H and O–H groups in total. The minimum Gasteiger partial charge on any atom is -0.350 e. The number of aryl methyl sites for hydroxylation is 1. The molecule has 0 aliphatic carbocycles. The van der Waals surface area contributed by atoms with Crippen LogP contribution in [0.4, 0.5) is 0 Å². The lowest BCUT2D eigenvalue weighted by Gasteiger charge is -2.31. The second-order valence-electron chi connectivity index (χ2n) is 5.76. The zero-order valence-electron chi connectivity index (χ0n) is 11.7. The Bertz CT molecular complexity index is 558. The summed E-state index contributed by atoms with van der Waals surface area (Å²) in [5, 5.41) is 1.39. The highest BCUT2D eigenvalue weighted by Crippen LogP contribution is 2.24. The van der Waals surface area contributed by atoms with Gasteiger partial charge in [0.2, 0.25) is 0 Å². The lowest BCUT2D eigenvalue weighted by Crippen LogP contribution is -2.37. The summed E-state index contributed by atoms with van der Waals surface area (Å²) in [5.41, 5.74) is 8.59. The highest BCUT2D eigenvalue weighted by Gasteiger charge is 2.19. The highest BCUT2D eigenvalue weighted by molar-refractivity contribution is 5.83. The average molecular weight is 257 g/mol. The second-order valence-corrected chi connectivity index (χ2v) is 5.76. The van der Waals surface area contributed by atoms with Crippen molar-refractivity contribution in [3.63, 3.8) is 0 Å². The quantitative estimate of drug-likeness (QED) is 0.916. The molecule has 1 unspecified atom stereocenters. The van der Waals surface area contributed by atoms with E-state index < -0.39 is 0 Å². The Kier molecular flexibility index (Phi) is 3.58. The number of nitrogens with two attached hydrogens (primary N) is 1. The molecule has 1 atom stereocenters. The van der Waals surface area contributed by atoms with Gasteiger partial charge in [0.1, 0.15) is 0 Å². The van der Waals surface area contributed by atoms with Gasteiger partial charge in [0, 0.05) is 37.2 Å². The van der Waals surface area contributed by atoms with E-state index in [0.717, 1.165) is 19.6 Å². The van der Waals surface area contributed by atoms with E-state index in [9.17, 15) is 0 Å². The first-order valence-electron chi connectivity index (χ1n) is 7.23. The van der Waals surface area contributed by atoms with Gasteiger partial charge in [-0.3, -0.25) is 4.90 Å². The van der Waals surface area contributed by atoms with Crippen LogP contribution >= 0.6 is 0 Å². The van der Waals surface area contributed by atoms with Gasteiger partial charge in [0.15, 0.2) is 0 Å². The van der Waals surface area contributed by atoms with Crippen molar-refractivity contribution in [1.29, 1.82) is 0 Å². The first kappa shape index (κ1) is 12.7. The minimum atomic E-state index is 0.684. The van der Waals surface area contributed by atoms with Crippen molar-refractivity contribution in [3.05, 3.63) is 36.0 Å². The molecule has 1 aliphatic rings. The van der Waals surface area contributed by atoms with Gasteiger partial charge in [-0.15, -0.1) is 0 Å². The van der Waals surface area contributed by atoms with Crippen LogP contribution in [0.5, 0.6) is 0 Å². The number of hydrogen-bond acceptors (Lipinski definition) is 2. The molecule has 0 amide bonds. The van der Waals surface area contributed by atoms with Crippen LogP contribution in [0, 0.1) is 5.92 Å². The molecule has 3 nitrogen and oxygen atoms in total. The number of likely N-dealkylation sites (tertiary alicyclic amines) is 1. The number of hydrogen-bond donors (Lipinski definition) is 1. The van der Waals surface area contributed by atoms with Crippen molar-refractivity contribution < 1.29 is 0 Å². The summed E-state index contributed by atoms with van der Waals surface area (Å²) < 4.78 is 2.23. The largest absolute Gasteiger partial charge is 0.350 e.